The zero-order valence-corrected chi connectivity index (χ0v) is 16.2. The summed E-state index contributed by atoms with van der Waals surface area (Å²) in [6.07, 6.45) is 6.58. The number of H-pyrrole nitrogens is 1. The number of hydrogen-bond acceptors (Lipinski definition) is 7. The highest BCUT2D eigenvalue weighted by molar-refractivity contribution is 6.48. The molecule has 5 N–H and O–H groups in total. The Morgan fingerprint density at radius 1 is 1.11 bits per heavy atom. The topological polar surface area (TPSA) is 140 Å². The molecule has 0 saturated heterocycles. The molecule has 142 valence electrons. The maximum absolute atomic E-state index is 11.0. The third-order valence-electron chi connectivity index (χ3n) is 6.92. The molecular formula is C15H21B4N5O4. The molecule has 1 aliphatic rings. The molecule has 0 aliphatic heterocycles. The van der Waals surface area contributed by atoms with Gasteiger partial charge in [0.15, 0.2) is 5.79 Å². The molecule has 0 radical (unpaired) electrons. The molecule has 1 aliphatic carbocycles. The van der Waals surface area contributed by atoms with Gasteiger partial charge in [-0.15, -0.1) is 0 Å². The average Bonchev–Trinajstić information content (AvgIpc) is 3.28. The fourth-order valence-corrected chi connectivity index (χ4v) is 4.34. The van der Waals surface area contributed by atoms with E-state index in [1.165, 1.54) is 42.4 Å². The van der Waals surface area contributed by atoms with E-state index in [-0.39, 0.29) is 6.54 Å². The Morgan fingerprint density at radius 2 is 1.82 bits per heavy atom. The molecule has 4 rings (SSSR count). The van der Waals surface area contributed by atoms with Gasteiger partial charge in [-0.2, -0.15) is 5.10 Å². The number of aromatic nitrogens is 5. The van der Waals surface area contributed by atoms with Crippen LogP contribution in [0.5, 0.6) is 0 Å². The summed E-state index contributed by atoms with van der Waals surface area (Å²) in [6, 6.07) is 1.87. The van der Waals surface area contributed by atoms with E-state index in [4.69, 9.17) is 0 Å². The average molecular weight is 379 g/mol. The van der Waals surface area contributed by atoms with Gasteiger partial charge in [-0.25, -0.2) is 9.97 Å². The molecule has 13 heteroatoms. The van der Waals surface area contributed by atoms with Crippen molar-refractivity contribution >= 4 is 42.4 Å². The first-order valence-electron chi connectivity index (χ1n) is 9.11. The lowest BCUT2D eigenvalue weighted by atomic mass is 9.38. The van der Waals surface area contributed by atoms with E-state index >= 15 is 0 Å². The van der Waals surface area contributed by atoms with E-state index in [2.05, 4.69) is 20.1 Å². The van der Waals surface area contributed by atoms with Gasteiger partial charge >= 0.3 is 0 Å². The van der Waals surface area contributed by atoms with Crippen molar-refractivity contribution in [3.63, 3.8) is 0 Å². The number of aliphatic hydroxyl groups is 4. The van der Waals surface area contributed by atoms with Gasteiger partial charge in [-0.3, -0.25) is 4.68 Å². The number of nitrogens with one attached hydrogen (secondary N) is 1. The zero-order valence-electron chi connectivity index (χ0n) is 16.2. The number of rotatable bonds is 3. The van der Waals surface area contributed by atoms with Crippen LogP contribution in [-0.2, 0) is 6.54 Å². The highest BCUT2D eigenvalue weighted by Gasteiger charge is 2.73. The summed E-state index contributed by atoms with van der Waals surface area (Å²) < 4.78 is 1.52. The highest BCUT2D eigenvalue weighted by atomic mass is 16.5. The van der Waals surface area contributed by atoms with Crippen molar-refractivity contribution in [2.24, 2.45) is 5.92 Å². The van der Waals surface area contributed by atoms with Crippen LogP contribution < -0.4 is 0 Å². The second-order valence-corrected chi connectivity index (χ2v) is 8.54. The first-order valence-corrected chi connectivity index (χ1v) is 9.11. The van der Waals surface area contributed by atoms with Crippen LogP contribution in [0.15, 0.2) is 31.0 Å². The minimum atomic E-state index is -2.31. The van der Waals surface area contributed by atoms with E-state index in [0.29, 0.717) is 11.3 Å². The molecule has 1 fully saturated rings. The summed E-state index contributed by atoms with van der Waals surface area (Å²) in [5.74, 6) is -3.38. The van der Waals surface area contributed by atoms with E-state index in [9.17, 15) is 20.4 Å². The van der Waals surface area contributed by atoms with Crippen LogP contribution in [0.3, 0.4) is 0 Å². The molecule has 0 spiro atoms. The summed E-state index contributed by atoms with van der Waals surface area (Å²) in [7, 11) is 5.90. The van der Waals surface area contributed by atoms with E-state index in [0.717, 1.165) is 10.9 Å². The van der Waals surface area contributed by atoms with Crippen LogP contribution in [0.25, 0.3) is 22.3 Å². The van der Waals surface area contributed by atoms with Crippen molar-refractivity contribution in [2.45, 2.75) is 28.5 Å². The normalized spacial score (nSPS) is 31.4. The largest absolute Gasteiger partial charge is 0.398 e. The van der Waals surface area contributed by atoms with Crippen molar-refractivity contribution in [3.05, 3.63) is 31.0 Å². The molecule has 3 heterocycles. The molecular weight excluding hydrogens is 357 g/mol. The molecule has 3 atom stereocenters. The number of fused-ring (bicyclic) bond motifs is 1. The van der Waals surface area contributed by atoms with Gasteiger partial charge in [0.1, 0.15) is 43.4 Å². The van der Waals surface area contributed by atoms with Crippen LogP contribution in [0.4, 0.5) is 0 Å². The molecule has 0 bridgehead atoms. The highest BCUT2D eigenvalue weighted by Crippen LogP contribution is 2.59. The lowest BCUT2D eigenvalue weighted by Gasteiger charge is -2.43. The van der Waals surface area contributed by atoms with Gasteiger partial charge in [0, 0.05) is 28.8 Å². The lowest BCUT2D eigenvalue weighted by Crippen LogP contribution is -2.60. The van der Waals surface area contributed by atoms with Crippen molar-refractivity contribution in [1.29, 1.82) is 0 Å². The van der Waals surface area contributed by atoms with E-state index < -0.39 is 27.9 Å². The Balaban J connectivity index is 1.70. The first kappa shape index (κ1) is 19.3. The maximum Gasteiger partial charge on any atom is 0.162 e. The summed E-state index contributed by atoms with van der Waals surface area (Å²) in [5.41, 5.74) is -1.35. The summed E-state index contributed by atoms with van der Waals surface area (Å²) >= 11 is 0. The predicted octanol–water partition coefficient (Wildman–Crippen LogP) is -4.84. The van der Waals surface area contributed by atoms with Gasteiger partial charge in [0.2, 0.25) is 0 Å². The number of aromatic amines is 1. The predicted molar refractivity (Wildman–Crippen MR) is 113 cm³/mol. The molecule has 3 aromatic heterocycles. The van der Waals surface area contributed by atoms with Crippen LogP contribution in [-0.4, -0.2) is 93.3 Å². The van der Waals surface area contributed by atoms with Crippen molar-refractivity contribution < 1.29 is 20.4 Å². The third kappa shape index (κ3) is 2.30. The smallest absolute Gasteiger partial charge is 0.162 e. The first-order chi connectivity index (χ1) is 12.9. The third-order valence-corrected chi connectivity index (χ3v) is 6.92. The minimum Gasteiger partial charge on any atom is -0.398 e. The molecule has 9 nitrogen and oxygen atoms in total. The Hall–Kier alpha value is -2.07. The second kappa shape index (κ2) is 5.73. The van der Waals surface area contributed by atoms with Gasteiger partial charge in [-0.05, 0) is 11.3 Å². The molecule has 0 amide bonds. The standard InChI is InChI=1S/C15H21B4N5O4/c16-12(25)9(13(26,27)14(17,18)15(12,19)28)5-24-4-7(3-23-24)10-8-1-2-20-11(8)22-6-21-10/h1-4,6,9,25-28H,5,16-19H2,(H,20,21,22). The van der Waals surface area contributed by atoms with Crippen LogP contribution in [0.2, 0.25) is 5.21 Å². The summed E-state index contributed by atoms with van der Waals surface area (Å²) in [5, 5.41) is 47.3. The van der Waals surface area contributed by atoms with Crippen molar-refractivity contribution in [1.82, 2.24) is 24.7 Å². The van der Waals surface area contributed by atoms with Crippen LogP contribution >= 0.6 is 0 Å². The van der Waals surface area contributed by atoms with E-state index in [1.807, 2.05) is 6.07 Å². The minimum absolute atomic E-state index is 0.000936. The summed E-state index contributed by atoms with van der Waals surface area (Å²) in [6.45, 7) is 0.000936. The summed E-state index contributed by atoms with van der Waals surface area (Å²) in [4.78, 5) is 11.5. The van der Waals surface area contributed by atoms with E-state index in [1.54, 1.807) is 18.6 Å². The SMILES string of the molecule is BC1(O)C(Cn2cc(-c3ncnc4[nH]ccc34)cn2)C(O)(O)C(B)(B)C1(B)O. The Kier molecular flexibility index (Phi) is 3.94. The monoisotopic (exact) mass is 379 g/mol. The Bertz CT molecular complexity index is 1020. The number of hydrogen-bond donors (Lipinski definition) is 5. The lowest BCUT2D eigenvalue weighted by molar-refractivity contribution is -0.208. The second-order valence-electron chi connectivity index (χ2n) is 8.54. The van der Waals surface area contributed by atoms with Crippen molar-refractivity contribution in [2.75, 3.05) is 0 Å². The molecule has 3 aromatic rings. The molecule has 3 unspecified atom stereocenters. The number of nitrogens with zero attached hydrogens (tertiary/aromatic N) is 4. The fraction of sp³-hybridized carbons (Fsp3) is 0.400. The quantitative estimate of drug-likeness (QED) is 0.227. The van der Waals surface area contributed by atoms with Crippen LogP contribution in [0, 0.1) is 5.92 Å². The van der Waals surface area contributed by atoms with Gasteiger partial charge in [-0.1, -0.05) is 0 Å². The maximum atomic E-state index is 11.0. The molecule has 28 heavy (non-hydrogen) atoms. The van der Waals surface area contributed by atoms with Gasteiger partial charge < -0.3 is 25.4 Å². The van der Waals surface area contributed by atoms with Gasteiger partial charge in [0.05, 0.1) is 29.9 Å². The zero-order chi connectivity index (χ0) is 20.5. The molecule has 1 saturated carbocycles. The molecule has 0 aromatic carbocycles. The van der Waals surface area contributed by atoms with Gasteiger partial charge in [0.25, 0.3) is 0 Å². The Morgan fingerprint density at radius 3 is 2.46 bits per heavy atom. The fourth-order valence-electron chi connectivity index (χ4n) is 4.34. The Labute approximate surface area is 164 Å². The van der Waals surface area contributed by atoms with Crippen LogP contribution in [0.1, 0.15) is 0 Å². The van der Waals surface area contributed by atoms with Crippen molar-refractivity contribution in [3.8, 4) is 11.3 Å².